The van der Waals surface area contributed by atoms with Crippen LogP contribution in [0.4, 0.5) is 0 Å². The Bertz CT molecular complexity index is 1020. The summed E-state index contributed by atoms with van der Waals surface area (Å²) in [6.45, 7) is 8.17. The van der Waals surface area contributed by atoms with E-state index in [1.54, 1.807) is 7.05 Å². The Labute approximate surface area is 184 Å². The second-order valence-electron chi connectivity index (χ2n) is 10.2. The number of hydrogen-bond acceptors (Lipinski definition) is 4. The van der Waals surface area contributed by atoms with Crippen LogP contribution in [0.1, 0.15) is 62.9 Å². The van der Waals surface area contributed by atoms with E-state index in [9.17, 15) is 9.59 Å². The number of carbonyl (C=O) groups is 2. The van der Waals surface area contributed by atoms with Gasteiger partial charge in [0.05, 0.1) is 12.3 Å². The van der Waals surface area contributed by atoms with Crippen molar-refractivity contribution in [3.8, 4) is 0 Å². The molecule has 0 radical (unpaired) electrons. The number of nitrogens with one attached hydrogen (secondary N) is 1. The molecule has 3 atom stereocenters. The third kappa shape index (κ3) is 4.10. The van der Waals surface area contributed by atoms with Gasteiger partial charge in [0.15, 0.2) is 0 Å². The van der Waals surface area contributed by atoms with Crippen molar-refractivity contribution < 1.29 is 14.3 Å². The van der Waals surface area contributed by atoms with Crippen LogP contribution in [-0.4, -0.2) is 47.1 Å². The molecule has 3 unspecified atom stereocenters. The van der Waals surface area contributed by atoms with Crippen LogP contribution in [0.5, 0.6) is 0 Å². The number of benzene rings is 1. The second-order valence-corrected chi connectivity index (χ2v) is 10.2. The first-order chi connectivity index (χ1) is 14.6. The first-order valence-electron chi connectivity index (χ1n) is 11.4. The molecule has 1 saturated heterocycles. The maximum Gasteiger partial charge on any atom is 0.307 e. The standard InChI is InChI=1S/C25H35N3O3/c1-15-7-9-19-18(11-15)23-20-10-8-17(27(20)6)13-21(23)28(19)14-16(24(30)26-5)12-22(29)31-25(2,3)4/h7,9,11,16-17,20H,8,10,12-14H2,1-6H3,(H,26,30). The molecule has 1 aromatic carbocycles. The number of hydrogen-bond donors (Lipinski definition) is 1. The number of rotatable bonds is 5. The molecule has 4 rings (SSSR count). The average molecular weight is 426 g/mol. The molecule has 1 N–H and O–H groups in total. The molecule has 1 amide bonds. The number of esters is 1. The first kappa shape index (κ1) is 21.9. The van der Waals surface area contributed by atoms with Gasteiger partial charge in [0.2, 0.25) is 5.91 Å². The minimum absolute atomic E-state index is 0.0734. The van der Waals surface area contributed by atoms with E-state index in [0.717, 1.165) is 11.9 Å². The van der Waals surface area contributed by atoms with E-state index in [1.807, 2.05) is 20.8 Å². The topological polar surface area (TPSA) is 63.6 Å². The summed E-state index contributed by atoms with van der Waals surface area (Å²) in [5.74, 6) is -0.926. The summed E-state index contributed by atoms with van der Waals surface area (Å²) >= 11 is 0. The Balaban J connectivity index is 1.74. The number of aromatic nitrogens is 1. The number of ether oxygens (including phenoxy) is 1. The highest BCUT2D eigenvalue weighted by Gasteiger charge is 2.41. The number of fused-ring (bicyclic) bond motifs is 6. The molecular formula is C25H35N3O3. The van der Waals surface area contributed by atoms with Crippen molar-refractivity contribution in [3.05, 3.63) is 35.0 Å². The summed E-state index contributed by atoms with van der Waals surface area (Å²) in [4.78, 5) is 27.8. The molecule has 0 aliphatic carbocycles. The van der Waals surface area contributed by atoms with Gasteiger partial charge in [-0.3, -0.25) is 14.5 Å². The molecule has 31 heavy (non-hydrogen) atoms. The zero-order valence-corrected chi connectivity index (χ0v) is 19.6. The van der Waals surface area contributed by atoms with Crippen molar-refractivity contribution in [2.75, 3.05) is 14.1 Å². The van der Waals surface area contributed by atoms with Gasteiger partial charge in [0.25, 0.3) is 0 Å². The molecule has 0 saturated carbocycles. The van der Waals surface area contributed by atoms with Crippen LogP contribution in [0, 0.1) is 12.8 Å². The molecule has 0 spiro atoms. The van der Waals surface area contributed by atoms with Crippen LogP contribution >= 0.6 is 0 Å². The van der Waals surface area contributed by atoms with Crippen molar-refractivity contribution in [2.45, 2.75) is 77.6 Å². The average Bonchev–Trinajstić information content (AvgIpc) is 3.09. The van der Waals surface area contributed by atoms with Crippen molar-refractivity contribution in [2.24, 2.45) is 5.92 Å². The van der Waals surface area contributed by atoms with E-state index in [2.05, 4.69) is 47.0 Å². The summed E-state index contributed by atoms with van der Waals surface area (Å²) in [5, 5.41) is 4.04. The third-order valence-corrected chi connectivity index (χ3v) is 6.83. The van der Waals surface area contributed by atoms with Gasteiger partial charge in [-0.2, -0.15) is 0 Å². The number of amides is 1. The number of carbonyl (C=O) groups excluding carboxylic acids is 2. The normalized spacial score (nSPS) is 21.7. The summed E-state index contributed by atoms with van der Waals surface area (Å²) in [6, 6.07) is 7.56. The number of nitrogens with zero attached hydrogens (tertiary/aromatic N) is 2. The lowest BCUT2D eigenvalue weighted by atomic mass is 9.96. The van der Waals surface area contributed by atoms with E-state index in [0.29, 0.717) is 18.6 Å². The SMILES string of the molecule is CNC(=O)C(CC(=O)OC(C)(C)C)Cn1c2c(c3cc(C)ccc31)C1CCC(C2)N1C. The molecule has 168 valence electrons. The zero-order chi connectivity index (χ0) is 22.5. The van der Waals surface area contributed by atoms with Crippen LogP contribution in [-0.2, 0) is 27.3 Å². The summed E-state index contributed by atoms with van der Waals surface area (Å²) in [6.07, 6.45) is 3.45. The molecule has 2 bridgehead atoms. The Morgan fingerprint density at radius 2 is 2.00 bits per heavy atom. The predicted octanol–water partition coefficient (Wildman–Crippen LogP) is 3.74. The van der Waals surface area contributed by atoms with Gasteiger partial charge in [-0.25, -0.2) is 0 Å². The van der Waals surface area contributed by atoms with E-state index >= 15 is 0 Å². The second kappa shape index (κ2) is 7.97. The lowest BCUT2D eigenvalue weighted by Crippen LogP contribution is -2.37. The van der Waals surface area contributed by atoms with Crippen LogP contribution in [0.15, 0.2) is 18.2 Å². The molecule has 6 nitrogen and oxygen atoms in total. The zero-order valence-electron chi connectivity index (χ0n) is 19.6. The maximum atomic E-state index is 12.8. The molecule has 1 aromatic heterocycles. The lowest BCUT2D eigenvalue weighted by molar-refractivity contribution is -0.157. The number of aryl methyl sites for hydroxylation is 1. The molecule has 3 heterocycles. The van der Waals surface area contributed by atoms with Crippen molar-refractivity contribution in [1.82, 2.24) is 14.8 Å². The first-order valence-corrected chi connectivity index (χ1v) is 11.4. The highest BCUT2D eigenvalue weighted by molar-refractivity contribution is 5.88. The Morgan fingerprint density at radius 1 is 1.26 bits per heavy atom. The van der Waals surface area contributed by atoms with Crippen molar-refractivity contribution in [3.63, 3.8) is 0 Å². The molecule has 1 fully saturated rings. The molecule has 6 heteroatoms. The van der Waals surface area contributed by atoms with Crippen molar-refractivity contribution >= 4 is 22.8 Å². The highest BCUT2D eigenvalue weighted by atomic mass is 16.6. The van der Waals surface area contributed by atoms with Gasteiger partial charge >= 0.3 is 5.97 Å². The van der Waals surface area contributed by atoms with Crippen LogP contribution < -0.4 is 5.32 Å². The van der Waals surface area contributed by atoms with Gasteiger partial charge in [-0.05, 0) is 65.3 Å². The summed E-state index contributed by atoms with van der Waals surface area (Å²) in [7, 11) is 3.87. The number of likely N-dealkylation sites (N-methyl/N-ethyl adjacent to an activating group) is 1. The van der Waals surface area contributed by atoms with Gasteiger partial charge in [0, 0.05) is 48.7 Å². The fourth-order valence-corrected chi connectivity index (χ4v) is 5.43. The maximum absolute atomic E-state index is 12.8. The van der Waals surface area contributed by atoms with Gasteiger partial charge in [-0.15, -0.1) is 0 Å². The Morgan fingerprint density at radius 3 is 2.68 bits per heavy atom. The molecule has 2 aliphatic rings. The van der Waals surface area contributed by atoms with Gasteiger partial charge < -0.3 is 14.6 Å². The lowest BCUT2D eigenvalue weighted by Gasteiger charge is -2.33. The third-order valence-electron chi connectivity index (χ3n) is 6.83. The smallest absolute Gasteiger partial charge is 0.307 e. The molecule has 2 aliphatic heterocycles. The van der Waals surface area contributed by atoms with E-state index in [1.165, 1.54) is 35.0 Å². The van der Waals surface area contributed by atoms with E-state index in [-0.39, 0.29) is 18.3 Å². The van der Waals surface area contributed by atoms with E-state index in [4.69, 9.17) is 4.74 Å². The molecule has 2 aromatic rings. The summed E-state index contributed by atoms with van der Waals surface area (Å²) < 4.78 is 7.83. The Kier molecular flexibility index (Phi) is 5.63. The Hall–Kier alpha value is -2.34. The monoisotopic (exact) mass is 425 g/mol. The molecular weight excluding hydrogens is 390 g/mol. The predicted molar refractivity (Wildman–Crippen MR) is 122 cm³/mol. The minimum Gasteiger partial charge on any atom is -0.460 e. The minimum atomic E-state index is -0.565. The van der Waals surface area contributed by atoms with Gasteiger partial charge in [-0.1, -0.05) is 11.6 Å². The van der Waals surface area contributed by atoms with Crippen LogP contribution in [0.25, 0.3) is 10.9 Å². The summed E-state index contributed by atoms with van der Waals surface area (Å²) in [5.41, 5.74) is 4.60. The van der Waals surface area contributed by atoms with E-state index < -0.39 is 11.5 Å². The largest absolute Gasteiger partial charge is 0.460 e. The van der Waals surface area contributed by atoms with Crippen molar-refractivity contribution in [1.29, 1.82) is 0 Å². The van der Waals surface area contributed by atoms with Crippen LogP contribution in [0.2, 0.25) is 0 Å². The van der Waals surface area contributed by atoms with Crippen LogP contribution in [0.3, 0.4) is 0 Å². The quantitative estimate of drug-likeness (QED) is 0.742. The van der Waals surface area contributed by atoms with Gasteiger partial charge in [0.1, 0.15) is 5.60 Å². The fourth-order valence-electron chi connectivity index (χ4n) is 5.43. The fraction of sp³-hybridized carbons (Fsp3) is 0.600. The highest BCUT2D eigenvalue weighted by Crippen LogP contribution is 2.47.